The zero-order valence-corrected chi connectivity index (χ0v) is 12.9. The van der Waals surface area contributed by atoms with Crippen molar-refractivity contribution in [2.45, 2.75) is 37.6 Å². The third kappa shape index (κ3) is 3.04. The van der Waals surface area contributed by atoms with E-state index in [-0.39, 0.29) is 11.7 Å². The van der Waals surface area contributed by atoms with Crippen LogP contribution in [0.3, 0.4) is 0 Å². The summed E-state index contributed by atoms with van der Waals surface area (Å²) in [5.74, 6) is 0.368. The molecule has 0 spiro atoms. The van der Waals surface area contributed by atoms with Crippen LogP contribution in [0.25, 0.3) is 11.3 Å². The van der Waals surface area contributed by atoms with Gasteiger partial charge < -0.3 is 10.3 Å². The Hall–Kier alpha value is -2.43. The number of imidazole rings is 1. The molecule has 0 radical (unpaired) electrons. The van der Waals surface area contributed by atoms with Crippen molar-refractivity contribution in [3.63, 3.8) is 0 Å². The Morgan fingerprint density at radius 1 is 1.35 bits per heavy atom. The van der Waals surface area contributed by atoms with E-state index in [0.717, 1.165) is 19.3 Å². The highest BCUT2D eigenvalue weighted by molar-refractivity contribution is 5.77. The molecule has 5 heteroatoms. The van der Waals surface area contributed by atoms with E-state index in [9.17, 15) is 9.18 Å². The molecule has 4 nitrogen and oxygen atoms in total. The molecule has 23 heavy (non-hydrogen) atoms. The Balaban J connectivity index is 2.00. The third-order valence-electron chi connectivity index (χ3n) is 4.31. The number of amides is 1. The second-order valence-electron chi connectivity index (χ2n) is 5.94. The van der Waals surface area contributed by atoms with Crippen LogP contribution < -0.4 is 5.32 Å². The zero-order valence-electron chi connectivity index (χ0n) is 12.9. The predicted molar refractivity (Wildman–Crippen MR) is 87.1 cm³/mol. The van der Waals surface area contributed by atoms with E-state index in [4.69, 9.17) is 0 Å². The summed E-state index contributed by atoms with van der Waals surface area (Å²) >= 11 is 0. The van der Waals surface area contributed by atoms with Gasteiger partial charge in [0.2, 0.25) is 5.91 Å². The van der Waals surface area contributed by atoms with E-state index in [0.29, 0.717) is 29.9 Å². The normalized spacial score (nSPS) is 21.5. The van der Waals surface area contributed by atoms with E-state index < -0.39 is 5.54 Å². The van der Waals surface area contributed by atoms with Gasteiger partial charge in [-0.2, -0.15) is 0 Å². The first kappa shape index (κ1) is 15.5. The number of rotatable bonds is 4. The van der Waals surface area contributed by atoms with Crippen LogP contribution in [0.2, 0.25) is 0 Å². The molecule has 1 atom stereocenters. The molecule has 1 saturated heterocycles. The van der Waals surface area contributed by atoms with Crippen molar-refractivity contribution >= 4 is 5.91 Å². The van der Waals surface area contributed by atoms with Gasteiger partial charge in [-0.15, -0.1) is 6.58 Å². The van der Waals surface area contributed by atoms with Gasteiger partial charge in [0.05, 0.1) is 5.69 Å². The maximum atomic E-state index is 14.0. The Labute approximate surface area is 134 Å². The molecular weight excluding hydrogens is 293 g/mol. The number of nitrogens with one attached hydrogen (secondary N) is 2. The number of nitrogens with zero attached hydrogens (tertiary/aromatic N) is 1. The number of hydrogen-bond donors (Lipinski definition) is 2. The Bertz CT molecular complexity index is 725. The van der Waals surface area contributed by atoms with E-state index in [2.05, 4.69) is 21.9 Å². The molecular formula is C18H20FN3O. The second kappa shape index (κ2) is 6.36. The second-order valence-corrected chi connectivity index (χ2v) is 5.94. The van der Waals surface area contributed by atoms with Crippen LogP contribution in [0.15, 0.2) is 43.1 Å². The molecule has 1 amide bonds. The maximum Gasteiger partial charge on any atom is 0.220 e. The average molecular weight is 313 g/mol. The van der Waals surface area contributed by atoms with Gasteiger partial charge in [-0.1, -0.05) is 24.6 Å². The summed E-state index contributed by atoms with van der Waals surface area (Å²) in [7, 11) is 0. The summed E-state index contributed by atoms with van der Waals surface area (Å²) in [6.45, 7) is 3.81. The first-order valence-electron chi connectivity index (χ1n) is 7.87. The SMILES string of the molecule is C=CCC1(c2nc(-c3ccccc3F)c[nH]2)CCCCC(=O)N1. The number of halogens is 1. The quantitative estimate of drug-likeness (QED) is 0.846. The molecule has 3 rings (SSSR count). The number of hydrogen-bond acceptors (Lipinski definition) is 2. The van der Waals surface area contributed by atoms with Crippen LogP contribution in [0.4, 0.5) is 4.39 Å². The van der Waals surface area contributed by atoms with E-state index in [1.165, 1.54) is 6.07 Å². The number of carbonyl (C=O) groups is 1. The number of benzene rings is 1. The van der Waals surface area contributed by atoms with Gasteiger partial charge in [-0.05, 0) is 31.4 Å². The zero-order chi connectivity index (χ0) is 16.3. The minimum atomic E-state index is -0.584. The fourth-order valence-electron chi connectivity index (χ4n) is 3.15. The summed E-state index contributed by atoms with van der Waals surface area (Å²) in [5.41, 5.74) is 0.405. The number of aromatic amines is 1. The van der Waals surface area contributed by atoms with Gasteiger partial charge in [0.25, 0.3) is 0 Å². The van der Waals surface area contributed by atoms with Crippen molar-refractivity contribution in [3.8, 4) is 11.3 Å². The van der Waals surface area contributed by atoms with Gasteiger partial charge in [0.15, 0.2) is 0 Å². The molecule has 1 aliphatic rings. The standard InChI is InChI=1S/C18H20FN3O/c1-2-10-18(11-6-5-9-16(23)22-18)17-20-12-15(21-17)13-7-3-4-8-14(13)19/h2-4,7-8,12H,1,5-6,9-11H2,(H,20,21)(H,22,23). The van der Waals surface area contributed by atoms with E-state index >= 15 is 0 Å². The van der Waals surface area contributed by atoms with E-state index in [1.54, 1.807) is 30.5 Å². The maximum absolute atomic E-state index is 14.0. The molecule has 1 unspecified atom stereocenters. The predicted octanol–water partition coefficient (Wildman–Crippen LogP) is 3.68. The van der Waals surface area contributed by atoms with Gasteiger partial charge in [-0.25, -0.2) is 9.37 Å². The molecule has 0 aliphatic carbocycles. The molecule has 0 saturated carbocycles. The lowest BCUT2D eigenvalue weighted by Crippen LogP contribution is -2.45. The Morgan fingerprint density at radius 2 is 2.17 bits per heavy atom. The van der Waals surface area contributed by atoms with Gasteiger partial charge in [0.1, 0.15) is 17.2 Å². The van der Waals surface area contributed by atoms with Crippen molar-refractivity contribution < 1.29 is 9.18 Å². The average Bonchev–Trinajstić information content (AvgIpc) is 2.95. The lowest BCUT2D eigenvalue weighted by atomic mass is 9.89. The fourth-order valence-corrected chi connectivity index (χ4v) is 3.15. The molecule has 1 aromatic heterocycles. The first-order valence-corrected chi connectivity index (χ1v) is 7.87. The monoisotopic (exact) mass is 313 g/mol. The largest absolute Gasteiger partial charge is 0.346 e. The minimum absolute atomic E-state index is 0.0215. The van der Waals surface area contributed by atoms with Crippen LogP contribution in [-0.4, -0.2) is 15.9 Å². The lowest BCUT2D eigenvalue weighted by Gasteiger charge is -2.30. The molecule has 0 bridgehead atoms. The summed E-state index contributed by atoms with van der Waals surface area (Å²) < 4.78 is 14.0. The highest BCUT2D eigenvalue weighted by Gasteiger charge is 2.37. The van der Waals surface area contributed by atoms with Crippen molar-refractivity contribution in [2.75, 3.05) is 0 Å². The minimum Gasteiger partial charge on any atom is -0.346 e. The lowest BCUT2D eigenvalue weighted by molar-refractivity contribution is -0.122. The van der Waals surface area contributed by atoms with Gasteiger partial charge in [-0.3, -0.25) is 4.79 Å². The summed E-state index contributed by atoms with van der Waals surface area (Å²) in [6, 6.07) is 6.54. The molecule has 1 fully saturated rings. The van der Waals surface area contributed by atoms with Crippen LogP contribution in [0.1, 0.15) is 37.9 Å². The number of H-pyrrole nitrogens is 1. The molecule has 2 heterocycles. The fraction of sp³-hybridized carbons (Fsp3) is 0.333. The van der Waals surface area contributed by atoms with Gasteiger partial charge in [0, 0.05) is 18.2 Å². The molecule has 120 valence electrons. The number of carbonyl (C=O) groups excluding carboxylic acids is 1. The van der Waals surface area contributed by atoms with Crippen molar-refractivity contribution in [1.82, 2.24) is 15.3 Å². The first-order chi connectivity index (χ1) is 11.1. The van der Waals surface area contributed by atoms with Gasteiger partial charge >= 0.3 is 0 Å². The summed E-state index contributed by atoms with van der Waals surface area (Å²) in [6.07, 6.45) is 7.18. The van der Waals surface area contributed by atoms with Crippen LogP contribution in [0.5, 0.6) is 0 Å². The van der Waals surface area contributed by atoms with Crippen molar-refractivity contribution in [1.29, 1.82) is 0 Å². The summed E-state index contributed by atoms with van der Waals surface area (Å²) in [4.78, 5) is 19.7. The smallest absolute Gasteiger partial charge is 0.220 e. The van der Waals surface area contributed by atoms with E-state index in [1.807, 2.05) is 0 Å². The topological polar surface area (TPSA) is 57.8 Å². The van der Waals surface area contributed by atoms with Crippen LogP contribution in [0, 0.1) is 5.82 Å². The molecule has 2 aromatic rings. The van der Waals surface area contributed by atoms with Crippen molar-refractivity contribution in [3.05, 3.63) is 54.8 Å². The highest BCUT2D eigenvalue weighted by atomic mass is 19.1. The molecule has 1 aliphatic heterocycles. The Morgan fingerprint density at radius 3 is 2.96 bits per heavy atom. The van der Waals surface area contributed by atoms with Crippen LogP contribution >= 0.6 is 0 Å². The van der Waals surface area contributed by atoms with Crippen molar-refractivity contribution in [2.24, 2.45) is 0 Å². The molecule has 2 N–H and O–H groups in total. The summed E-state index contributed by atoms with van der Waals surface area (Å²) in [5, 5.41) is 3.09. The van der Waals surface area contributed by atoms with Crippen LogP contribution in [-0.2, 0) is 10.3 Å². The number of aromatic nitrogens is 2. The third-order valence-corrected chi connectivity index (χ3v) is 4.31. The highest BCUT2D eigenvalue weighted by Crippen LogP contribution is 2.33. The molecule has 1 aromatic carbocycles. The Kier molecular flexibility index (Phi) is 4.28.